The molecule has 1 saturated carbocycles. The highest BCUT2D eigenvalue weighted by Gasteiger charge is 2.26. The molecule has 0 atom stereocenters. The molecule has 0 radical (unpaired) electrons. The van der Waals surface area contributed by atoms with E-state index in [4.69, 9.17) is 0 Å². The third-order valence-corrected chi connectivity index (χ3v) is 4.02. The molecule has 1 fully saturated rings. The molecule has 6 nitrogen and oxygen atoms in total. The third kappa shape index (κ3) is 3.26. The summed E-state index contributed by atoms with van der Waals surface area (Å²) in [7, 11) is 1.72. The highest BCUT2D eigenvalue weighted by atomic mass is 16.6. The Kier molecular flexibility index (Phi) is 4.35. The molecule has 112 valence electrons. The summed E-state index contributed by atoms with van der Waals surface area (Å²) in [6.07, 6.45) is 2.41. The Bertz CT molecular complexity index is 587. The quantitative estimate of drug-likeness (QED) is 0.632. The van der Waals surface area contributed by atoms with Crippen molar-refractivity contribution in [1.82, 2.24) is 4.90 Å². The highest BCUT2D eigenvalue weighted by molar-refractivity contribution is 5.95. The second-order valence-electron chi connectivity index (χ2n) is 5.44. The van der Waals surface area contributed by atoms with Crippen LogP contribution in [0.3, 0.4) is 0 Å². The van der Waals surface area contributed by atoms with Crippen LogP contribution in [0.15, 0.2) is 18.2 Å². The summed E-state index contributed by atoms with van der Waals surface area (Å²) in [6.45, 7) is 1.62. The number of amides is 1. The van der Waals surface area contributed by atoms with Crippen LogP contribution in [0.2, 0.25) is 0 Å². The number of Topliss-reactive ketones (excluding diaryl/α,β-unsaturated/α-hetero) is 1. The van der Waals surface area contributed by atoms with Crippen molar-refractivity contribution in [3.63, 3.8) is 0 Å². The van der Waals surface area contributed by atoms with E-state index in [2.05, 4.69) is 0 Å². The molecular formula is C15H18N2O4. The lowest BCUT2D eigenvalue weighted by Crippen LogP contribution is -2.39. The van der Waals surface area contributed by atoms with Gasteiger partial charge in [0.05, 0.1) is 4.92 Å². The molecule has 1 aromatic rings. The van der Waals surface area contributed by atoms with Crippen LogP contribution >= 0.6 is 0 Å². The number of carbonyl (C=O) groups excluding carboxylic acids is 2. The van der Waals surface area contributed by atoms with Crippen LogP contribution in [-0.2, 0) is 4.79 Å². The van der Waals surface area contributed by atoms with Gasteiger partial charge in [-0.15, -0.1) is 0 Å². The molecule has 6 heteroatoms. The molecule has 1 aromatic carbocycles. The van der Waals surface area contributed by atoms with Gasteiger partial charge in [-0.1, -0.05) is 0 Å². The maximum absolute atomic E-state index is 12.4. The van der Waals surface area contributed by atoms with E-state index < -0.39 is 4.92 Å². The van der Waals surface area contributed by atoms with Crippen molar-refractivity contribution in [2.75, 3.05) is 7.05 Å². The third-order valence-electron chi connectivity index (χ3n) is 4.02. The van der Waals surface area contributed by atoms with Gasteiger partial charge >= 0.3 is 0 Å². The largest absolute Gasteiger partial charge is 0.339 e. The molecule has 1 amide bonds. The smallest absolute Gasteiger partial charge is 0.272 e. The zero-order valence-electron chi connectivity index (χ0n) is 12.2. The molecule has 0 N–H and O–H groups in total. The highest BCUT2D eigenvalue weighted by Crippen LogP contribution is 2.23. The molecule has 0 heterocycles. The van der Waals surface area contributed by atoms with E-state index in [9.17, 15) is 19.7 Å². The van der Waals surface area contributed by atoms with E-state index in [0.717, 1.165) is 0 Å². The van der Waals surface area contributed by atoms with Crippen molar-refractivity contribution in [2.45, 2.75) is 38.6 Å². The van der Waals surface area contributed by atoms with Gasteiger partial charge in [-0.2, -0.15) is 0 Å². The molecule has 0 bridgehead atoms. The Morgan fingerprint density at radius 2 is 1.95 bits per heavy atom. The number of aryl methyl sites for hydroxylation is 1. The zero-order chi connectivity index (χ0) is 15.6. The van der Waals surface area contributed by atoms with Crippen LogP contribution in [0, 0.1) is 17.0 Å². The van der Waals surface area contributed by atoms with E-state index in [0.29, 0.717) is 36.8 Å². The van der Waals surface area contributed by atoms with Crippen molar-refractivity contribution in [1.29, 1.82) is 0 Å². The minimum atomic E-state index is -0.458. The van der Waals surface area contributed by atoms with Gasteiger partial charge in [0, 0.05) is 43.1 Å². The second-order valence-corrected chi connectivity index (χ2v) is 5.44. The van der Waals surface area contributed by atoms with Gasteiger partial charge in [-0.05, 0) is 31.9 Å². The molecule has 21 heavy (non-hydrogen) atoms. The standard InChI is InChI=1S/C15H18N2O4/c1-10-9-11(3-8-14(10)17(20)21)15(19)16(2)12-4-6-13(18)7-5-12/h3,8-9,12H,4-7H2,1-2H3. The average molecular weight is 290 g/mol. The van der Waals surface area contributed by atoms with E-state index >= 15 is 0 Å². The molecule has 0 aliphatic heterocycles. The van der Waals surface area contributed by atoms with E-state index in [1.54, 1.807) is 24.9 Å². The van der Waals surface area contributed by atoms with E-state index in [1.807, 2.05) is 0 Å². The topological polar surface area (TPSA) is 80.5 Å². The summed E-state index contributed by atoms with van der Waals surface area (Å²) in [6, 6.07) is 4.45. The fourth-order valence-corrected chi connectivity index (χ4v) is 2.67. The van der Waals surface area contributed by atoms with Crippen molar-refractivity contribution in [3.05, 3.63) is 39.4 Å². The van der Waals surface area contributed by atoms with Crippen molar-refractivity contribution >= 4 is 17.4 Å². The molecule has 0 aromatic heterocycles. The van der Waals surface area contributed by atoms with Gasteiger partial charge in [0.25, 0.3) is 11.6 Å². The molecule has 0 saturated heterocycles. The molecule has 0 unspecified atom stereocenters. The monoisotopic (exact) mass is 290 g/mol. The van der Waals surface area contributed by atoms with Gasteiger partial charge in [0.1, 0.15) is 5.78 Å². The number of hydrogen-bond donors (Lipinski definition) is 0. The first kappa shape index (κ1) is 15.2. The zero-order valence-corrected chi connectivity index (χ0v) is 12.2. The van der Waals surface area contributed by atoms with Gasteiger partial charge in [-0.25, -0.2) is 0 Å². The lowest BCUT2D eigenvalue weighted by molar-refractivity contribution is -0.385. The number of ketones is 1. The first-order chi connectivity index (χ1) is 9.90. The normalized spacial score (nSPS) is 15.8. The molecule has 1 aliphatic rings. The minimum Gasteiger partial charge on any atom is -0.339 e. The summed E-state index contributed by atoms with van der Waals surface area (Å²) in [5, 5.41) is 10.8. The Labute approximate surface area is 122 Å². The maximum Gasteiger partial charge on any atom is 0.272 e. The van der Waals surface area contributed by atoms with Gasteiger partial charge in [0.2, 0.25) is 0 Å². The van der Waals surface area contributed by atoms with Crippen LogP contribution < -0.4 is 0 Å². The Morgan fingerprint density at radius 1 is 1.33 bits per heavy atom. The molecular weight excluding hydrogens is 272 g/mol. The lowest BCUT2D eigenvalue weighted by Gasteiger charge is -2.30. The Balaban J connectivity index is 2.14. The average Bonchev–Trinajstić information content (AvgIpc) is 2.46. The maximum atomic E-state index is 12.4. The Morgan fingerprint density at radius 3 is 2.48 bits per heavy atom. The second kappa shape index (κ2) is 6.03. The number of rotatable bonds is 3. The van der Waals surface area contributed by atoms with Crippen molar-refractivity contribution < 1.29 is 14.5 Å². The number of nitrogens with zero attached hydrogens (tertiary/aromatic N) is 2. The molecule has 0 spiro atoms. The lowest BCUT2D eigenvalue weighted by atomic mass is 9.93. The van der Waals surface area contributed by atoms with Crippen LogP contribution in [0.25, 0.3) is 0 Å². The first-order valence-corrected chi connectivity index (χ1v) is 6.94. The number of carbonyl (C=O) groups is 2. The summed E-state index contributed by atoms with van der Waals surface area (Å²) >= 11 is 0. The van der Waals surface area contributed by atoms with Gasteiger partial charge in [0.15, 0.2) is 0 Å². The number of nitro groups is 1. The van der Waals surface area contributed by atoms with Crippen LogP contribution in [0.1, 0.15) is 41.6 Å². The van der Waals surface area contributed by atoms with Crippen LogP contribution in [0.5, 0.6) is 0 Å². The van der Waals surface area contributed by atoms with E-state index in [1.165, 1.54) is 12.1 Å². The number of benzene rings is 1. The van der Waals surface area contributed by atoms with Gasteiger partial charge < -0.3 is 4.90 Å². The summed E-state index contributed by atoms with van der Waals surface area (Å²) < 4.78 is 0. The SMILES string of the molecule is Cc1cc(C(=O)N(C)C2CCC(=O)CC2)ccc1[N+](=O)[O-]. The van der Waals surface area contributed by atoms with Crippen LogP contribution in [0.4, 0.5) is 5.69 Å². The van der Waals surface area contributed by atoms with Crippen molar-refractivity contribution in [3.8, 4) is 0 Å². The van der Waals surface area contributed by atoms with Gasteiger partial charge in [-0.3, -0.25) is 19.7 Å². The minimum absolute atomic E-state index is 0.0115. The Hall–Kier alpha value is -2.24. The fraction of sp³-hybridized carbons (Fsp3) is 0.467. The molecule has 2 rings (SSSR count). The summed E-state index contributed by atoms with van der Waals surface area (Å²) in [4.78, 5) is 35.7. The molecule has 1 aliphatic carbocycles. The predicted octanol–water partition coefficient (Wildman–Crippen LogP) is 2.49. The summed E-state index contributed by atoms with van der Waals surface area (Å²) in [5.41, 5.74) is 0.924. The van der Waals surface area contributed by atoms with Crippen molar-refractivity contribution in [2.24, 2.45) is 0 Å². The summed E-state index contributed by atoms with van der Waals surface area (Å²) in [5.74, 6) is 0.0885. The number of hydrogen-bond acceptors (Lipinski definition) is 4. The predicted molar refractivity (Wildman–Crippen MR) is 77.2 cm³/mol. The number of nitro benzene ring substituents is 1. The first-order valence-electron chi connectivity index (χ1n) is 6.94. The van der Waals surface area contributed by atoms with Crippen LogP contribution in [-0.4, -0.2) is 34.6 Å². The van der Waals surface area contributed by atoms with E-state index in [-0.39, 0.29) is 23.4 Å². The fourth-order valence-electron chi connectivity index (χ4n) is 2.67.